The predicted molar refractivity (Wildman–Crippen MR) is 78.8 cm³/mol. The molecule has 0 bridgehead atoms. The summed E-state index contributed by atoms with van der Waals surface area (Å²) in [7, 11) is 0. The smallest absolute Gasteiger partial charge is 0.209 e. The van der Waals surface area contributed by atoms with Crippen molar-refractivity contribution >= 4 is 16.8 Å². The highest BCUT2D eigenvalue weighted by molar-refractivity contribution is 5.76. The van der Waals surface area contributed by atoms with Gasteiger partial charge < -0.3 is 10.2 Å². The fourth-order valence-electron chi connectivity index (χ4n) is 2.16. The molecule has 0 aliphatic heterocycles. The Morgan fingerprint density at radius 1 is 1.26 bits per heavy atom. The molecule has 0 amide bonds. The zero-order valence-electron chi connectivity index (χ0n) is 12.2. The Bertz CT molecular complexity index is 545. The maximum absolute atomic E-state index is 5.78. The summed E-state index contributed by atoms with van der Waals surface area (Å²) in [5, 5.41) is 0. The van der Waals surface area contributed by atoms with Gasteiger partial charge in [-0.05, 0) is 38.0 Å². The maximum atomic E-state index is 5.78. The van der Waals surface area contributed by atoms with E-state index in [4.69, 9.17) is 10.2 Å². The van der Waals surface area contributed by atoms with Crippen molar-refractivity contribution in [2.45, 2.75) is 40.3 Å². The third-order valence-corrected chi connectivity index (χ3v) is 3.12. The summed E-state index contributed by atoms with van der Waals surface area (Å²) in [6.07, 6.45) is 0. The second-order valence-electron chi connectivity index (χ2n) is 5.75. The second-order valence-corrected chi connectivity index (χ2v) is 5.75. The van der Waals surface area contributed by atoms with Crippen molar-refractivity contribution in [3.63, 3.8) is 0 Å². The average molecular weight is 261 g/mol. The van der Waals surface area contributed by atoms with Gasteiger partial charge in [0, 0.05) is 18.3 Å². The van der Waals surface area contributed by atoms with Gasteiger partial charge in [-0.3, -0.25) is 4.90 Å². The summed E-state index contributed by atoms with van der Waals surface area (Å²) in [4.78, 5) is 6.89. The first-order valence-electron chi connectivity index (χ1n) is 6.84. The van der Waals surface area contributed by atoms with Crippen LogP contribution in [0.5, 0.6) is 0 Å². The standard InChI is InChI=1S/C15H23N3O/c1-10(2)8-18(11(3)4)9-15-17-13-7-12(16)5-6-14(13)19-15/h5-7,10-11H,8-9,16H2,1-4H3. The van der Waals surface area contributed by atoms with Gasteiger partial charge in [0.1, 0.15) is 5.52 Å². The van der Waals surface area contributed by atoms with Gasteiger partial charge in [-0.2, -0.15) is 0 Å². The minimum absolute atomic E-state index is 0.475. The van der Waals surface area contributed by atoms with Crippen LogP contribution >= 0.6 is 0 Å². The number of nitrogens with zero attached hydrogens (tertiary/aromatic N) is 2. The number of hydrogen-bond donors (Lipinski definition) is 1. The predicted octanol–water partition coefficient (Wildman–Crippen LogP) is 3.28. The van der Waals surface area contributed by atoms with E-state index in [2.05, 4.69) is 37.6 Å². The molecule has 2 N–H and O–H groups in total. The van der Waals surface area contributed by atoms with Crippen molar-refractivity contribution in [1.82, 2.24) is 9.88 Å². The second kappa shape index (κ2) is 5.61. The van der Waals surface area contributed by atoms with E-state index in [1.54, 1.807) is 0 Å². The molecule has 0 radical (unpaired) electrons. The zero-order chi connectivity index (χ0) is 14.0. The molecule has 2 rings (SSSR count). The van der Waals surface area contributed by atoms with Gasteiger partial charge in [-0.15, -0.1) is 0 Å². The Labute approximate surface area is 114 Å². The van der Waals surface area contributed by atoms with E-state index in [0.29, 0.717) is 12.0 Å². The van der Waals surface area contributed by atoms with Crippen LogP contribution in [0.15, 0.2) is 22.6 Å². The molecule has 1 heterocycles. The van der Waals surface area contributed by atoms with Gasteiger partial charge in [0.25, 0.3) is 0 Å². The molecular weight excluding hydrogens is 238 g/mol. The molecule has 2 aromatic rings. The number of oxazole rings is 1. The molecule has 0 saturated heterocycles. The molecule has 0 spiro atoms. The zero-order valence-corrected chi connectivity index (χ0v) is 12.2. The topological polar surface area (TPSA) is 55.3 Å². The number of anilines is 1. The number of nitrogen functional groups attached to an aromatic ring is 1. The maximum Gasteiger partial charge on any atom is 0.209 e. The average Bonchev–Trinajstić information content (AvgIpc) is 2.68. The van der Waals surface area contributed by atoms with E-state index < -0.39 is 0 Å². The highest BCUT2D eigenvalue weighted by Crippen LogP contribution is 2.20. The van der Waals surface area contributed by atoms with Crippen LogP contribution in [0.3, 0.4) is 0 Å². The summed E-state index contributed by atoms with van der Waals surface area (Å²) in [5.41, 5.74) is 8.11. The van der Waals surface area contributed by atoms with E-state index in [-0.39, 0.29) is 0 Å². The van der Waals surface area contributed by atoms with Gasteiger partial charge in [0.2, 0.25) is 5.89 Å². The van der Waals surface area contributed by atoms with Gasteiger partial charge in [0.15, 0.2) is 5.58 Å². The molecule has 0 fully saturated rings. The van der Waals surface area contributed by atoms with E-state index in [1.807, 2.05) is 18.2 Å². The molecule has 1 aromatic heterocycles. The van der Waals surface area contributed by atoms with Crippen molar-refractivity contribution in [3.8, 4) is 0 Å². The van der Waals surface area contributed by atoms with Crippen LogP contribution in [0.4, 0.5) is 5.69 Å². The molecule has 0 unspecified atom stereocenters. The molecule has 19 heavy (non-hydrogen) atoms. The highest BCUT2D eigenvalue weighted by atomic mass is 16.3. The van der Waals surface area contributed by atoms with Crippen LogP contribution in [0.2, 0.25) is 0 Å². The van der Waals surface area contributed by atoms with Gasteiger partial charge in [-0.1, -0.05) is 13.8 Å². The highest BCUT2D eigenvalue weighted by Gasteiger charge is 2.15. The van der Waals surface area contributed by atoms with Gasteiger partial charge in [-0.25, -0.2) is 4.98 Å². The number of fused-ring (bicyclic) bond motifs is 1. The number of aromatic nitrogens is 1. The summed E-state index contributed by atoms with van der Waals surface area (Å²) >= 11 is 0. The monoisotopic (exact) mass is 261 g/mol. The summed E-state index contributed by atoms with van der Waals surface area (Å²) in [6, 6.07) is 6.04. The molecule has 4 heteroatoms. The van der Waals surface area contributed by atoms with E-state index in [1.165, 1.54) is 0 Å². The third-order valence-electron chi connectivity index (χ3n) is 3.12. The number of hydrogen-bond acceptors (Lipinski definition) is 4. The van der Waals surface area contributed by atoms with Crippen molar-refractivity contribution in [3.05, 3.63) is 24.1 Å². The van der Waals surface area contributed by atoms with Crippen molar-refractivity contribution in [2.24, 2.45) is 5.92 Å². The summed E-state index contributed by atoms with van der Waals surface area (Å²) in [6.45, 7) is 10.6. The van der Waals surface area contributed by atoms with Crippen molar-refractivity contribution in [1.29, 1.82) is 0 Å². The van der Waals surface area contributed by atoms with Crippen LogP contribution in [0.25, 0.3) is 11.1 Å². The number of nitrogens with two attached hydrogens (primary N) is 1. The molecule has 1 aromatic carbocycles. The Kier molecular flexibility index (Phi) is 4.10. The molecule has 0 atom stereocenters. The van der Waals surface area contributed by atoms with Crippen LogP contribution < -0.4 is 5.73 Å². The first-order valence-corrected chi connectivity index (χ1v) is 6.84. The number of rotatable bonds is 5. The van der Waals surface area contributed by atoms with Crippen LogP contribution in [0, 0.1) is 5.92 Å². The molecule has 4 nitrogen and oxygen atoms in total. The first-order chi connectivity index (χ1) is 8.95. The van der Waals surface area contributed by atoms with Gasteiger partial charge >= 0.3 is 0 Å². The van der Waals surface area contributed by atoms with Crippen LogP contribution in [0.1, 0.15) is 33.6 Å². The van der Waals surface area contributed by atoms with Gasteiger partial charge in [0.05, 0.1) is 6.54 Å². The number of benzene rings is 1. The quantitative estimate of drug-likeness (QED) is 0.839. The van der Waals surface area contributed by atoms with E-state index >= 15 is 0 Å². The molecule has 0 saturated carbocycles. The largest absolute Gasteiger partial charge is 0.439 e. The molecule has 104 valence electrons. The lowest BCUT2D eigenvalue weighted by Crippen LogP contribution is -2.33. The molecule has 0 aliphatic rings. The SMILES string of the molecule is CC(C)CN(Cc1nc2cc(N)ccc2o1)C(C)C. The van der Waals surface area contributed by atoms with Crippen molar-refractivity contribution < 1.29 is 4.42 Å². The van der Waals surface area contributed by atoms with E-state index in [0.717, 1.165) is 35.8 Å². The lowest BCUT2D eigenvalue weighted by atomic mass is 10.2. The Morgan fingerprint density at radius 2 is 2.00 bits per heavy atom. The lowest BCUT2D eigenvalue weighted by Gasteiger charge is -2.26. The minimum atomic E-state index is 0.475. The summed E-state index contributed by atoms with van der Waals surface area (Å²) in [5.74, 6) is 1.39. The molecular formula is C15H23N3O. The van der Waals surface area contributed by atoms with E-state index in [9.17, 15) is 0 Å². The Hall–Kier alpha value is -1.55. The van der Waals surface area contributed by atoms with Crippen LogP contribution in [-0.4, -0.2) is 22.5 Å². The first kappa shape index (κ1) is 13.9. The lowest BCUT2D eigenvalue weighted by molar-refractivity contribution is 0.173. The Balaban J connectivity index is 2.19. The minimum Gasteiger partial charge on any atom is -0.439 e. The normalized spacial score (nSPS) is 12.2. The van der Waals surface area contributed by atoms with Crippen molar-refractivity contribution in [2.75, 3.05) is 12.3 Å². The third kappa shape index (κ3) is 3.47. The summed E-state index contributed by atoms with van der Waals surface area (Å²) < 4.78 is 5.78. The fourth-order valence-corrected chi connectivity index (χ4v) is 2.16. The van der Waals surface area contributed by atoms with Crippen LogP contribution in [-0.2, 0) is 6.54 Å². The fraction of sp³-hybridized carbons (Fsp3) is 0.533. The molecule has 0 aliphatic carbocycles. The Morgan fingerprint density at radius 3 is 2.63 bits per heavy atom.